The predicted octanol–water partition coefficient (Wildman–Crippen LogP) is 3.05. The fraction of sp³-hybridized carbons (Fsp3) is 0.333. The van der Waals surface area contributed by atoms with Gasteiger partial charge in [-0.25, -0.2) is 4.98 Å². The Bertz CT molecular complexity index is 641. The molecule has 0 saturated heterocycles. The first kappa shape index (κ1) is 17.0. The van der Waals surface area contributed by atoms with E-state index in [1.165, 1.54) is 0 Å². The van der Waals surface area contributed by atoms with Crippen molar-refractivity contribution in [2.24, 2.45) is 0 Å². The van der Waals surface area contributed by atoms with Crippen molar-refractivity contribution in [1.29, 1.82) is 0 Å². The molecule has 0 fully saturated rings. The van der Waals surface area contributed by atoms with Crippen LogP contribution in [0, 0.1) is 0 Å². The number of hydrogen-bond donors (Lipinski definition) is 2. The van der Waals surface area contributed by atoms with Crippen molar-refractivity contribution in [2.75, 3.05) is 11.9 Å². The summed E-state index contributed by atoms with van der Waals surface area (Å²) in [4.78, 5) is 16.4. The molecule has 122 valence electrons. The number of aliphatic hydroxyl groups is 1. The van der Waals surface area contributed by atoms with Crippen LogP contribution in [0.2, 0.25) is 0 Å². The normalized spacial score (nSPS) is 11.8. The quantitative estimate of drug-likeness (QED) is 0.824. The summed E-state index contributed by atoms with van der Waals surface area (Å²) in [7, 11) is 0. The van der Waals surface area contributed by atoms with Gasteiger partial charge in [0.25, 0.3) is 5.91 Å². The van der Waals surface area contributed by atoms with Crippen molar-refractivity contribution in [1.82, 2.24) is 4.98 Å². The van der Waals surface area contributed by atoms with Crippen LogP contribution in [-0.2, 0) is 6.42 Å². The van der Waals surface area contributed by atoms with E-state index in [-0.39, 0.29) is 18.6 Å². The van der Waals surface area contributed by atoms with E-state index in [0.29, 0.717) is 23.6 Å². The maximum absolute atomic E-state index is 12.3. The van der Waals surface area contributed by atoms with Gasteiger partial charge in [-0.1, -0.05) is 19.1 Å². The Morgan fingerprint density at radius 1 is 1.30 bits per heavy atom. The largest absolute Gasteiger partial charge is 0.475 e. The number of pyridine rings is 1. The first-order valence-corrected chi connectivity index (χ1v) is 7.76. The number of ether oxygens (including phenoxy) is 1. The number of nitrogens with one attached hydrogen (secondary N) is 1. The molecule has 5 heteroatoms. The number of aromatic nitrogens is 1. The van der Waals surface area contributed by atoms with Gasteiger partial charge in [0.05, 0.1) is 6.10 Å². The number of nitrogens with zero attached hydrogens (tertiary/aromatic N) is 1. The maximum atomic E-state index is 12.3. The van der Waals surface area contributed by atoms with E-state index in [9.17, 15) is 4.79 Å². The minimum Gasteiger partial charge on any atom is -0.475 e. The Morgan fingerprint density at radius 2 is 2.04 bits per heavy atom. The molecule has 0 saturated carbocycles. The molecule has 1 amide bonds. The second-order valence-corrected chi connectivity index (χ2v) is 5.34. The van der Waals surface area contributed by atoms with Gasteiger partial charge in [-0.2, -0.15) is 0 Å². The van der Waals surface area contributed by atoms with Gasteiger partial charge in [-0.05, 0) is 43.5 Å². The van der Waals surface area contributed by atoms with E-state index in [1.807, 2.05) is 38.1 Å². The molecule has 0 spiro atoms. The van der Waals surface area contributed by atoms with Crippen LogP contribution in [0.3, 0.4) is 0 Å². The summed E-state index contributed by atoms with van der Waals surface area (Å²) in [6, 6.07) is 10.7. The van der Waals surface area contributed by atoms with E-state index < -0.39 is 0 Å². The highest BCUT2D eigenvalue weighted by Crippen LogP contribution is 2.15. The minimum atomic E-state index is -0.212. The second kappa shape index (κ2) is 8.29. The predicted molar refractivity (Wildman–Crippen MR) is 89.8 cm³/mol. The van der Waals surface area contributed by atoms with Gasteiger partial charge in [0.2, 0.25) is 5.88 Å². The second-order valence-electron chi connectivity index (χ2n) is 5.34. The molecule has 0 bridgehead atoms. The molecule has 23 heavy (non-hydrogen) atoms. The van der Waals surface area contributed by atoms with Crippen LogP contribution in [0.5, 0.6) is 5.88 Å². The zero-order chi connectivity index (χ0) is 16.7. The number of aliphatic hydroxyl groups excluding tert-OH is 1. The number of carbonyl (C=O) groups excluding carboxylic acids is 1. The van der Waals surface area contributed by atoms with Crippen LogP contribution in [0.4, 0.5) is 5.69 Å². The topological polar surface area (TPSA) is 71.5 Å². The minimum absolute atomic E-state index is 0.0554. The van der Waals surface area contributed by atoms with Crippen LogP contribution < -0.4 is 10.1 Å². The number of carbonyl (C=O) groups is 1. The Morgan fingerprint density at radius 3 is 2.70 bits per heavy atom. The highest BCUT2D eigenvalue weighted by Gasteiger charge is 2.09. The van der Waals surface area contributed by atoms with Crippen LogP contribution in [0.15, 0.2) is 42.6 Å². The zero-order valence-electron chi connectivity index (χ0n) is 13.5. The molecule has 2 N–H and O–H groups in total. The fourth-order valence-corrected chi connectivity index (χ4v) is 1.99. The third kappa shape index (κ3) is 5.07. The molecule has 2 aromatic rings. The van der Waals surface area contributed by atoms with Crippen LogP contribution in [0.1, 0.15) is 36.2 Å². The van der Waals surface area contributed by atoms with Crippen LogP contribution in [0.25, 0.3) is 0 Å². The first-order chi connectivity index (χ1) is 11.1. The van der Waals surface area contributed by atoms with Gasteiger partial charge in [-0.3, -0.25) is 4.79 Å². The Hall–Kier alpha value is -2.40. The van der Waals surface area contributed by atoms with Gasteiger partial charge < -0.3 is 15.2 Å². The fourth-order valence-electron chi connectivity index (χ4n) is 1.99. The summed E-state index contributed by atoms with van der Waals surface area (Å²) in [5, 5.41) is 11.7. The smallest absolute Gasteiger partial charge is 0.255 e. The highest BCUT2D eigenvalue weighted by molar-refractivity contribution is 6.04. The van der Waals surface area contributed by atoms with Crippen LogP contribution >= 0.6 is 0 Å². The van der Waals surface area contributed by atoms with Gasteiger partial charge in [0, 0.05) is 30.1 Å². The first-order valence-electron chi connectivity index (χ1n) is 7.76. The molecule has 1 atom stereocenters. The van der Waals surface area contributed by atoms with E-state index in [1.54, 1.807) is 18.3 Å². The third-order valence-electron chi connectivity index (χ3n) is 3.51. The van der Waals surface area contributed by atoms with Crippen molar-refractivity contribution in [3.8, 4) is 5.88 Å². The number of hydrogen-bond acceptors (Lipinski definition) is 4. The summed E-state index contributed by atoms with van der Waals surface area (Å²) < 4.78 is 5.63. The molecule has 1 aromatic carbocycles. The van der Waals surface area contributed by atoms with Crippen LogP contribution in [-0.4, -0.2) is 28.7 Å². The number of amides is 1. The molecule has 1 unspecified atom stereocenters. The van der Waals surface area contributed by atoms with Crippen molar-refractivity contribution in [3.05, 3.63) is 53.7 Å². The van der Waals surface area contributed by atoms with Gasteiger partial charge in [-0.15, -0.1) is 0 Å². The number of anilines is 1. The molecule has 1 heterocycles. The van der Waals surface area contributed by atoms with Gasteiger partial charge in [0.15, 0.2) is 0 Å². The third-order valence-corrected chi connectivity index (χ3v) is 3.51. The zero-order valence-corrected chi connectivity index (χ0v) is 13.5. The molecule has 5 nitrogen and oxygen atoms in total. The summed E-state index contributed by atoms with van der Waals surface area (Å²) in [5.41, 5.74) is 2.23. The van der Waals surface area contributed by atoms with Crippen molar-refractivity contribution in [2.45, 2.75) is 32.8 Å². The lowest BCUT2D eigenvalue weighted by atomic mass is 10.1. The lowest BCUT2D eigenvalue weighted by Gasteiger charge is -2.12. The molecule has 1 aromatic heterocycles. The Balaban J connectivity index is 2.03. The number of benzene rings is 1. The van der Waals surface area contributed by atoms with Crippen molar-refractivity contribution >= 4 is 11.6 Å². The maximum Gasteiger partial charge on any atom is 0.255 e. The lowest BCUT2D eigenvalue weighted by Crippen LogP contribution is -2.14. The summed E-state index contributed by atoms with van der Waals surface area (Å²) in [5.74, 6) is 0.238. The lowest BCUT2D eigenvalue weighted by molar-refractivity contribution is 0.102. The summed E-state index contributed by atoms with van der Waals surface area (Å²) in [6.07, 6.45) is 3.10. The average Bonchev–Trinajstić information content (AvgIpc) is 2.57. The molecular weight excluding hydrogens is 292 g/mol. The Kier molecular flexibility index (Phi) is 6.11. The average molecular weight is 314 g/mol. The highest BCUT2D eigenvalue weighted by atomic mass is 16.5. The van der Waals surface area contributed by atoms with E-state index >= 15 is 0 Å². The molecular formula is C18H22N2O3. The van der Waals surface area contributed by atoms with Crippen molar-refractivity contribution < 1.29 is 14.6 Å². The molecule has 2 rings (SSSR count). The monoisotopic (exact) mass is 314 g/mol. The summed E-state index contributed by atoms with van der Waals surface area (Å²) >= 11 is 0. The van der Waals surface area contributed by atoms with Gasteiger partial charge >= 0.3 is 0 Å². The Labute approximate surface area is 136 Å². The van der Waals surface area contributed by atoms with E-state index in [0.717, 1.165) is 12.0 Å². The SMILES string of the molecule is CCC(C)Oc1cc(C(=O)Nc2ccc(CCO)cc2)ccn1. The molecule has 0 aliphatic heterocycles. The molecule has 0 aliphatic rings. The summed E-state index contributed by atoms with van der Waals surface area (Å²) in [6.45, 7) is 4.10. The standard InChI is InChI=1S/C18H22N2O3/c1-3-13(2)23-17-12-15(8-10-19-17)18(22)20-16-6-4-14(5-7-16)9-11-21/h4-8,10,12-13,21H,3,9,11H2,1-2H3,(H,20,22). The molecule has 0 aliphatic carbocycles. The molecule has 0 radical (unpaired) electrons. The number of rotatable bonds is 7. The van der Waals surface area contributed by atoms with Crippen molar-refractivity contribution in [3.63, 3.8) is 0 Å². The van der Waals surface area contributed by atoms with Gasteiger partial charge in [0.1, 0.15) is 0 Å². The van der Waals surface area contributed by atoms with E-state index in [4.69, 9.17) is 9.84 Å². The van der Waals surface area contributed by atoms with E-state index in [2.05, 4.69) is 10.3 Å².